The molecule has 4 rings (SSSR count). The molecule has 178 valence electrons. The van der Waals surface area contributed by atoms with Crippen LogP contribution in [0.1, 0.15) is 24.0 Å². The van der Waals surface area contributed by atoms with Crippen molar-refractivity contribution in [3.05, 3.63) is 65.7 Å². The second kappa shape index (κ2) is 10.5. The van der Waals surface area contributed by atoms with Crippen LogP contribution in [0, 0.1) is 0 Å². The van der Waals surface area contributed by atoms with Gasteiger partial charge >= 0.3 is 12.2 Å². The van der Waals surface area contributed by atoms with E-state index < -0.39 is 18.4 Å². The molecule has 1 unspecified atom stereocenters. The molecule has 34 heavy (non-hydrogen) atoms. The van der Waals surface area contributed by atoms with E-state index in [1.807, 2.05) is 30.3 Å². The van der Waals surface area contributed by atoms with Crippen molar-refractivity contribution in [2.75, 3.05) is 24.5 Å². The van der Waals surface area contributed by atoms with Crippen LogP contribution in [-0.2, 0) is 25.6 Å². The molecule has 0 spiro atoms. The standard InChI is InChI=1S/C24H25N3O6S/c25-21(34)17-6-8-18(9-7-17)27-14-20(33-23(27)29)22(28)26-12-10-19(11-13-26)32-24(30)31-15-16-4-2-1-3-5-16/h1-9,19-20H,10-15H2,(H2,25,34). The number of thiocarbonyl (C=S) groups is 1. The van der Waals surface area contributed by atoms with Gasteiger partial charge in [-0.15, -0.1) is 0 Å². The third-order valence-electron chi connectivity index (χ3n) is 5.77. The molecule has 2 aliphatic rings. The predicted octanol–water partition coefficient (Wildman–Crippen LogP) is 2.99. The number of piperidine rings is 1. The van der Waals surface area contributed by atoms with E-state index in [1.54, 1.807) is 29.2 Å². The van der Waals surface area contributed by atoms with Gasteiger partial charge in [-0.1, -0.05) is 42.5 Å². The maximum Gasteiger partial charge on any atom is 0.508 e. The quantitative estimate of drug-likeness (QED) is 0.493. The minimum absolute atomic E-state index is 0.117. The summed E-state index contributed by atoms with van der Waals surface area (Å²) in [6.07, 6.45) is -1.57. The van der Waals surface area contributed by atoms with Gasteiger partial charge in [-0.05, 0) is 29.8 Å². The first-order valence-corrected chi connectivity index (χ1v) is 11.4. The zero-order valence-corrected chi connectivity index (χ0v) is 19.2. The summed E-state index contributed by atoms with van der Waals surface area (Å²) in [4.78, 5) is 40.5. The van der Waals surface area contributed by atoms with Crippen molar-refractivity contribution in [3.8, 4) is 0 Å². The molecule has 0 bridgehead atoms. The number of carbonyl (C=O) groups is 3. The van der Waals surface area contributed by atoms with Gasteiger partial charge in [0.2, 0.25) is 0 Å². The number of nitrogens with two attached hydrogens (primary N) is 1. The number of hydrogen-bond donors (Lipinski definition) is 1. The average molecular weight is 484 g/mol. The average Bonchev–Trinajstić information content (AvgIpc) is 3.25. The molecule has 2 saturated heterocycles. The Morgan fingerprint density at radius 1 is 1.06 bits per heavy atom. The SMILES string of the molecule is NC(=S)c1ccc(N2CC(C(=O)N3CCC(OC(=O)OCc4ccccc4)CC3)OC2=O)cc1. The van der Waals surface area contributed by atoms with Gasteiger partial charge < -0.3 is 24.8 Å². The van der Waals surface area contributed by atoms with Gasteiger partial charge in [-0.2, -0.15) is 0 Å². The molecule has 0 aromatic heterocycles. The number of benzene rings is 2. The highest BCUT2D eigenvalue weighted by molar-refractivity contribution is 7.80. The molecule has 2 aromatic rings. The number of cyclic esters (lactones) is 1. The third-order valence-corrected chi connectivity index (χ3v) is 6.00. The Balaban J connectivity index is 1.23. The van der Waals surface area contributed by atoms with Crippen LogP contribution in [0.25, 0.3) is 0 Å². The lowest BCUT2D eigenvalue weighted by molar-refractivity contribution is -0.140. The zero-order valence-electron chi connectivity index (χ0n) is 18.4. The summed E-state index contributed by atoms with van der Waals surface area (Å²) in [7, 11) is 0. The Hall–Kier alpha value is -3.66. The fraction of sp³-hybridized carbons (Fsp3) is 0.333. The molecule has 2 N–H and O–H groups in total. The maximum absolute atomic E-state index is 12.9. The van der Waals surface area contributed by atoms with E-state index in [0.29, 0.717) is 37.2 Å². The molecule has 0 aliphatic carbocycles. The van der Waals surface area contributed by atoms with E-state index in [2.05, 4.69) is 0 Å². The third kappa shape index (κ3) is 5.63. The molecular weight excluding hydrogens is 458 g/mol. The Labute approximate surface area is 202 Å². The molecule has 0 saturated carbocycles. The highest BCUT2D eigenvalue weighted by atomic mass is 32.1. The summed E-state index contributed by atoms with van der Waals surface area (Å²) in [5.41, 5.74) is 7.77. The van der Waals surface area contributed by atoms with Gasteiger partial charge in [-0.3, -0.25) is 9.69 Å². The second-order valence-electron chi connectivity index (χ2n) is 8.06. The fourth-order valence-electron chi connectivity index (χ4n) is 3.89. The minimum atomic E-state index is -0.893. The monoisotopic (exact) mass is 483 g/mol. The number of carbonyl (C=O) groups excluding carboxylic acids is 3. The number of hydrogen-bond acceptors (Lipinski definition) is 7. The van der Waals surface area contributed by atoms with E-state index in [1.165, 1.54) is 4.90 Å². The van der Waals surface area contributed by atoms with E-state index in [-0.39, 0.29) is 30.2 Å². The summed E-state index contributed by atoms with van der Waals surface area (Å²) in [5, 5.41) is 0. The maximum atomic E-state index is 12.9. The van der Waals surface area contributed by atoms with Crippen LogP contribution in [0.4, 0.5) is 15.3 Å². The van der Waals surface area contributed by atoms with Gasteiger partial charge in [-0.25, -0.2) is 9.59 Å². The fourth-order valence-corrected chi connectivity index (χ4v) is 4.03. The first-order chi connectivity index (χ1) is 16.4. The Kier molecular flexibility index (Phi) is 7.27. The Bertz CT molecular complexity index is 1050. The molecule has 1 atom stereocenters. The predicted molar refractivity (Wildman–Crippen MR) is 127 cm³/mol. The van der Waals surface area contributed by atoms with E-state index in [4.69, 9.17) is 32.2 Å². The van der Waals surface area contributed by atoms with E-state index in [0.717, 1.165) is 5.56 Å². The summed E-state index contributed by atoms with van der Waals surface area (Å²) in [6, 6.07) is 16.2. The number of amides is 2. The highest BCUT2D eigenvalue weighted by Gasteiger charge is 2.40. The number of nitrogens with zero attached hydrogens (tertiary/aromatic N) is 2. The van der Waals surface area contributed by atoms with Gasteiger partial charge in [0, 0.05) is 37.2 Å². The van der Waals surface area contributed by atoms with Crippen molar-refractivity contribution < 1.29 is 28.6 Å². The summed E-state index contributed by atoms with van der Waals surface area (Å²) >= 11 is 4.94. The molecular formula is C24H25N3O6S. The van der Waals surface area contributed by atoms with Crippen LogP contribution in [-0.4, -0.2) is 59.9 Å². The molecule has 2 fully saturated rings. The molecule has 2 aromatic carbocycles. The minimum Gasteiger partial charge on any atom is -0.434 e. The molecule has 0 radical (unpaired) electrons. The topological polar surface area (TPSA) is 111 Å². The van der Waals surface area contributed by atoms with Gasteiger partial charge in [0.15, 0.2) is 6.10 Å². The largest absolute Gasteiger partial charge is 0.508 e. The first-order valence-electron chi connectivity index (χ1n) is 10.9. The molecule has 2 aliphatic heterocycles. The van der Waals surface area contributed by atoms with Crippen LogP contribution < -0.4 is 10.6 Å². The molecule has 2 amide bonds. The van der Waals surface area contributed by atoms with Crippen LogP contribution >= 0.6 is 12.2 Å². The van der Waals surface area contributed by atoms with Gasteiger partial charge in [0.25, 0.3) is 5.91 Å². The number of likely N-dealkylation sites (tertiary alicyclic amines) is 1. The van der Waals surface area contributed by atoms with Crippen molar-refractivity contribution >= 4 is 41.0 Å². The Morgan fingerprint density at radius 3 is 2.38 bits per heavy atom. The van der Waals surface area contributed by atoms with Crippen LogP contribution in [0.2, 0.25) is 0 Å². The van der Waals surface area contributed by atoms with Crippen LogP contribution in [0.5, 0.6) is 0 Å². The van der Waals surface area contributed by atoms with E-state index >= 15 is 0 Å². The molecule has 10 heteroatoms. The molecule has 9 nitrogen and oxygen atoms in total. The van der Waals surface area contributed by atoms with Gasteiger partial charge in [0.1, 0.15) is 17.7 Å². The number of ether oxygens (including phenoxy) is 3. The van der Waals surface area contributed by atoms with Crippen molar-refractivity contribution in [1.82, 2.24) is 4.90 Å². The normalized spacial score (nSPS) is 18.4. The van der Waals surface area contributed by atoms with Gasteiger partial charge in [0.05, 0.1) is 6.54 Å². The first kappa shape index (κ1) is 23.5. The van der Waals surface area contributed by atoms with Crippen LogP contribution in [0.3, 0.4) is 0 Å². The lowest BCUT2D eigenvalue weighted by Crippen LogP contribution is -2.46. The Morgan fingerprint density at radius 2 is 1.74 bits per heavy atom. The van der Waals surface area contributed by atoms with Crippen LogP contribution in [0.15, 0.2) is 54.6 Å². The van der Waals surface area contributed by atoms with E-state index in [9.17, 15) is 14.4 Å². The zero-order chi connectivity index (χ0) is 24.1. The number of rotatable bonds is 6. The number of anilines is 1. The summed E-state index contributed by atoms with van der Waals surface area (Å²) in [6.45, 7) is 1.05. The highest BCUT2D eigenvalue weighted by Crippen LogP contribution is 2.24. The van der Waals surface area contributed by atoms with Crippen molar-refractivity contribution in [1.29, 1.82) is 0 Å². The lowest BCUT2D eigenvalue weighted by Gasteiger charge is -2.32. The van der Waals surface area contributed by atoms with Crippen molar-refractivity contribution in [2.45, 2.75) is 31.7 Å². The lowest BCUT2D eigenvalue weighted by atomic mass is 10.1. The van der Waals surface area contributed by atoms with Crippen molar-refractivity contribution in [3.63, 3.8) is 0 Å². The smallest absolute Gasteiger partial charge is 0.434 e. The summed E-state index contributed by atoms with van der Waals surface area (Å²) < 4.78 is 15.9. The van der Waals surface area contributed by atoms with Crippen molar-refractivity contribution in [2.24, 2.45) is 5.73 Å². The molecule has 2 heterocycles. The summed E-state index contributed by atoms with van der Waals surface area (Å²) in [5.74, 6) is -0.263. The second-order valence-corrected chi connectivity index (χ2v) is 8.50.